The van der Waals surface area contributed by atoms with Crippen molar-refractivity contribution in [3.63, 3.8) is 0 Å². The summed E-state index contributed by atoms with van der Waals surface area (Å²) in [5.74, 6) is 1.33. The van der Waals surface area contributed by atoms with Crippen LogP contribution in [-0.2, 0) is 0 Å². The SMILES string of the molecule is COc1cc(NCCCN2CCCC(O)C2)nc(N)n1. The quantitative estimate of drug-likeness (QED) is 0.646. The third kappa shape index (κ3) is 4.50. The first kappa shape index (κ1) is 14.8. The summed E-state index contributed by atoms with van der Waals surface area (Å²) in [6, 6.07) is 1.72. The van der Waals surface area contributed by atoms with E-state index in [-0.39, 0.29) is 12.1 Å². The van der Waals surface area contributed by atoms with E-state index in [9.17, 15) is 5.11 Å². The van der Waals surface area contributed by atoms with Gasteiger partial charge < -0.3 is 25.8 Å². The van der Waals surface area contributed by atoms with Crippen LogP contribution in [0.25, 0.3) is 0 Å². The van der Waals surface area contributed by atoms with Crippen LogP contribution in [0.1, 0.15) is 19.3 Å². The molecule has 4 N–H and O–H groups in total. The first-order valence-corrected chi connectivity index (χ1v) is 7.00. The zero-order valence-electron chi connectivity index (χ0n) is 11.9. The predicted octanol–water partition coefficient (Wildman–Crippen LogP) is 0.326. The Balaban J connectivity index is 1.71. The minimum atomic E-state index is -0.164. The molecule has 0 saturated carbocycles. The average Bonchev–Trinajstić information content (AvgIpc) is 2.43. The van der Waals surface area contributed by atoms with Crippen molar-refractivity contribution in [1.82, 2.24) is 14.9 Å². The van der Waals surface area contributed by atoms with E-state index in [1.54, 1.807) is 13.2 Å². The van der Waals surface area contributed by atoms with Gasteiger partial charge in [0.1, 0.15) is 5.82 Å². The molecule has 2 heterocycles. The zero-order valence-corrected chi connectivity index (χ0v) is 11.9. The second kappa shape index (κ2) is 7.25. The Labute approximate surface area is 119 Å². The van der Waals surface area contributed by atoms with Crippen molar-refractivity contribution >= 4 is 11.8 Å². The van der Waals surface area contributed by atoms with Gasteiger partial charge in [0.25, 0.3) is 0 Å². The van der Waals surface area contributed by atoms with Gasteiger partial charge in [-0.1, -0.05) is 0 Å². The topological polar surface area (TPSA) is 96.5 Å². The fourth-order valence-electron chi connectivity index (χ4n) is 2.39. The summed E-state index contributed by atoms with van der Waals surface area (Å²) < 4.78 is 5.04. The molecule has 112 valence electrons. The van der Waals surface area contributed by atoms with Gasteiger partial charge >= 0.3 is 0 Å². The van der Waals surface area contributed by atoms with Gasteiger partial charge in [0.2, 0.25) is 11.8 Å². The van der Waals surface area contributed by atoms with Crippen LogP contribution in [0.15, 0.2) is 6.07 Å². The van der Waals surface area contributed by atoms with Gasteiger partial charge in [-0.15, -0.1) is 0 Å². The molecule has 1 saturated heterocycles. The highest BCUT2D eigenvalue weighted by Gasteiger charge is 2.16. The molecule has 0 bridgehead atoms. The normalized spacial score (nSPS) is 19.8. The van der Waals surface area contributed by atoms with Crippen molar-refractivity contribution < 1.29 is 9.84 Å². The Bertz CT molecular complexity index is 429. The maximum atomic E-state index is 9.60. The summed E-state index contributed by atoms with van der Waals surface area (Å²) in [5, 5.41) is 12.8. The third-order valence-corrected chi connectivity index (χ3v) is 3.37. The van der Waals surface area contributed by atoms with Gasteiger partial charge in [0.05, 0.1) is 13.2 Å². The summed E-state index contributed by atoms with van der Waals surface area (Å²) in [7, 11) is 1.55. The Morgan fingerprint density at radius 3 is 3.15 bits per heavy atom. The molecule has 1 fully saturated rings. The average molecular weight is 281 g/mol. The number of nitrogen functional groups attached to an aromatic ring is 1. The standard InChI is InChI=1S/C13H23N5O2/c1-20-12-8-11(16-13(14)17-12)15-5-3-7-18-6-2-4-10(19)9-18/h8,10,19H,2-7,9H2,1H3,(H3,14,15,16,17). The van der Waals surface area contributed by atoms with Crippen molar-refractivity contribution in [3.05, 3.63) is 6.07 Å². The second-order valence-electron chi connectivity index (χ2n) is 5.03. The van der Waals surface area contributed by atoms with Crippen molar-refractivity contribution in [1.29, 1.82) is 0 Å². The van der Waals surface area contributed by atoms with E-state index in [0.717, 1.165) is 45.4 Å². The fourth-order valence-corrected chi connectivity index (χ4v) is 2.39. The monoisotopic (exact) mass is 281 g/mol. The van der Waals surface area contributed by atoms with E-state index in [1.165, 1.54) is 0 Å². The summed E-state index contributed by atoms with van der Waals surface area (Å²) in [6.07, 6.45) is 2.82. The number of rotatable bonds is 6. The maximum absolute atomic E-state index is 9.60. The van der Waals surface area contributed by atoms with Gasteiger partial charge in [0.15, 0.2) is 0 Å². The number of hydrogen-bond acceptors (Lipinski definition) is 7. The molecule has 1 aliphatic rings. The van der Waals surface area contributed by atoms with E-state index in [4.69, 9.17) is 10.5 Å². The van der Waals surface area contributed by atoms with Gasteiger partial charge in [-0.25, -0.2) is 0 Å². The van der Waals surface area contributed by atoms with Crippen LogP contribution in [0.4, 0.5) is 11.8 Å². The van der Waals surface area contributed by atoms with Crippen LogP contribution in [-0.4, -0.2) is 59.4 Å². The zero-order chi connectivity index (χ0) is 14.4. The molecule has 2 rings (SSSR count). The fraction of sp³-hybridized carbons (Fsp3) is 0.692. The Morgan fingerprint density at radius 1 is 1.55 bits per heavy atom. The Hall–Kier alpha value is -1.60. The number of nitrogens with zero attached hydrogens (tertiary/aromatic N) is 3. The number of aromatic nitrogens is 2. The molecule has 1 aromatic rings. The lowest BCUT2D eigenvalue weighted by atomic mass is 10.1. The molecule has 0 aliphatic carbocycles. The Morgan fingerprint density at radius 2 is 2.40 bits per heavy atom. The molecular formula is C13H23N5O2. The van der Waals surface area contributed by atoms with Gasteiger partial charge in [0, 0.05) is 19.2 Å². The molecule has 7 nitrogen and oxygen atoms in total. The summed E-state index contributed by atoms with van der Waals surface area (Å²) >= 11 is 0. The van der Waals surface area contributed by atoms with Crippen LogP contribution < -0.4 is 15.8 Å². The molecule has 0 spiro atoms. The number of aliphatic hydroxyl groups is 1. The minimum Gasteiger partial charge on any atom is -0.481 e. The van der Waals surface area contributed by atoms with E-state index < -0.39 is 0 Å². The minimum absolute atomic E-state index is 0.164. The predicted molar refractivity (Wildman–Crippen MR) is 77.8 cm³/mol. The number of methoxy groups -OCH3 is 1. The maximum Gasteiger partial charge on any atom is 0.225 e. The van der Waals surface area contributed by atoms with Crippen LogP contribution in [0.3, 0.4) is 0 Å². The molecule has 1 aliphatic heterocycles. The van der Waals surface area contributed by atoms with Gasteiger partial charge in [-0.3, -0.25) is 0 Å². The number of β-amino-alcohol motifs (C(OH)–C–C–N with tert-alkyl or cyclic N) is 1. The summed E-state index contributed by atoms with van der Waals surface area (Å²) in [6.45, 7) is 3.63. The number of likely N-dealkylation sites (tertiary alicyclic amines) is 1. The number of piperidine rings is 1. The lowest BCUT2D eigenvalue weighted by Crippen LogP contribution is -2.39. The molecule has 0 radical (unpaired) electrons. The van der Waals surface area contributed by atoms with Crippen molar-refractivity contribution in [3.8, 4) is 5.88 Å². The lowest BCUT2D eigenvalue weighted by Gasteiger charge is -2.29. The van der Waals surface area contributed by atoms with Crippen LogP contribution in [0, 0.1) is 0 Å². The van der Waals surface area contributed by atoms with Crippen molar-refractivity contribution in [2.75, 3.05) is 44.3 Å². The highest BCUT2D eigenvalue weighted by Crippen LogP contribution is 2.14. The van der Waals surface area contributed by atoms with Crippen molar-refractivity contribution in [2.45, 2.75) is 25.4 Å². The molecule has 0 amide bonds. The van der Waals surface area contributed by atoms with E-state index >= 15 is 0 Å². The molecule has 0 aromatic carbocycles. The lowest BCUT2D eigenvalue weighted by molar-refractivity contribution is 0.0706. The summed E-state index contributed by atoms with van der Waals surface area (Å²) in [4.78, 5) is 10.3. The largest absolute Gasteiger partial charge is 0.481 e. The molecule has 1 unspecified atom stereocenters. The molecule has 1 aromatic heterocycles. The number of nitrogens with two attached hydrogens (primary N) is 1. The first-order valence-electron chi connectivity index (χ1n) is 7.00. The Kier molecular flexibility index (Phi) is 5.37. The van der Waals surface area contributed by atoms with E-state index in [0.29, 0.717) is 11.7 Å². The highest BCUT2D eigenvalue weighted by atomic mass is 16.5. The van der Waals surface area contributed by atoms with Crippen LogP contribution >= 0.6 is 0 Å². The van der Waals surface area contributed by atoms with Gasteiger partial charge in [-0.05, 0) is 32.4 Å². The van der Waals surface area contributed by atoms with Crippen molar-refractivity contribution in [2.24, 2.45) is 0 Å². The second-order valence-corrected chi connectivity index (χ2v) is 5.03. The smallest absolute Gasteiger partial charge is 0.225 e. The number of anilines is 2. The third-order valence-electron chi connectivity index (χ3n) is 3.37. The molecule has 20 heavy (non-hydrogen) atoms. The van der Waals surface area contributed by atoms with Gasteiger partial charge in [-0.2, -0.15) is 9.97 Å². The van der Waals surface area contributed by atoms with E-state index in [1.807, 2.05) is 0 Å². The highest BCUT2D eigenvalue weighted by molar-refractivity contribution is 5.42. The van der Waals surface area contributed by atoms with Crippen LogP contribution in [0.2, 0.25) is 0 Å². The number of aliphatic hydroxyl groups excluding tert-OH is 1. The first-order chi connectivity index (χ1) is 9.67. The van der Waals surface area contributed by atoms with E-state index in [2.05, 4.69) is 20.2 Å². The number of nitrogens with one attached hydrogen (secondary N) is 1. The number of ether oxygens (including phenoxy) is 1. The van der Waals surface area contributed by atoms with Crippen LogP contribution in [0.5, 0.6) is 5.88 Å². The summed E-state index contributed by atoms with van der Waals surface area (Å²) in [5.41, 5.74) is 5.59. The molecular weight excluding hydrogens is 258 g/mol. The number of hydrogen-bond donors (Lipinski definition) is 3. The molecule has 1 atom stereocenters. The molecule has 7 heteroatoms.